The van der Waals surface area contributed by atoms with Gasteiger partial charge in [-0.15, -0.1) is 11.3 Å². The van der Waals surface area contributed by atoms with E-state index in [1.165, 1.54) is 11.1 Å². The van der Waals surface area contributed by atoms with Crippen molar-refractivity contribution in [2.75, 3.05) is 13.7 Å². The summed E-state index contributed by atoms with van der Waals surface area (Å²) in [5, 5.41) is 2.05. The van der Waals surface area contributed by atoms with Gasteiger partial charge < -0.3 is 9.15 Å². The van der Waals surface area contributed by atoms with Gasteiger partial charge in [-0.3, -0.25) is 4.90 Å². The van der Waals surface area contributed by atoms with Crippen molar-refractivity contribution in [2.45, 2.75) is 26.4 Å². The van der Waals surface area contributed by atoms with Gasteiger partial charge in [-0.1, -0.05) is 12.1 Å². The van der Waals surface area contributed by atoms with Crippen LogP contribution in [0.1, 0.15) is 22.6 Å². The van der Waals surface area contributed by atoms with E-state index in [0.29, 0.717) is 0 Å². The monoisotopic (exact) mass is 340 g/mol. The number of thiophene rings is 1. The second kappa shape index (κ2) is 6.42. The smallest absolute Gasteiger partial charge is 0.236 e. The lowest BCUT2D eigenvalue weighted by molar-refractivity contribution is 0.241. The molecular formula is C19H20N2O2S. The van der Waals surface area contributed by atoms with Gasteiger partial charge in [0.05, 0.1) is 17.7 Å². The van der Waals surface area contributed by atoms with Gasteiger partial charge in [0.2, 0.25) is 5.89 Å². The van der Waals surface area contributed by atoms with E-state index in [2.05, 4.69) is 17.0 Å². The Balaban J connectivity index is 1.52. The maximum Gasteiger partial charge on any atom is 0.236 e. The molecule has 0 saturated heterocycles. The fourth-order valence-corrected chi connectivity index (χ4v) is 3.80. The lowest BCUT2D eigenvalue weighted by atomic mass is 9.99. The topological polar surface area (TPSA) is 38.5 Å². The standard InChI is InChI=1S/C19H20N2O2S/c1-13-17(20-19(23-13)18-4-3-9-24-18)12-21-8-7-14-5-6-16(22-2)10-15(14)11-21/h3-6,9-10H,7-8,11-12H2,1-2H3. The van der Waals surface area contributed by atoms with Gasteiger partial charge >= 0.3 is 0 Å². The zero-order valence-electron chi connectivity index (χ0n) is 13.9. The van der Waals surface area contributed by atoms with E-state index in [-0.39, 0.29) is 0 Å². The Morgan fingerprint density at radius 1 is 1.29 bits per heavy atom. The van der Waals surface area contributed by atoms with Gasteiger partial charge in [-0.2, -0.15) is 0 Å². The minimum absolute atomic E-state index is 0.733. The van der Waals surface area contributed by atoms with Crippen LogP contribution in [0, 0.1) is 6.92 Å². The van der Waals surface area contributed by atoms with Crippen molar-refractivity contribution in [3.8, 4) is 16.5 Å². The summed E-state index contributed by atoms with van der Waals surface area (Å²) in [4.78, 5) is 8.22. The van der Waals surface area contributed by atoms with E-state index >= 15 is 0 Å². The van der Waals surface area contributed by atoms with E-state index in [0.717, 1.165) is 54.0 Å². The average Bonchev–Trinajstić information content (AvgIpc) is 3.24. The minimum atomic E-state index is 0.733. The molecule has 0 bridgehead atoms. The third-order valence-electron chi connectivity index (χ3n) is 4.50. The molecule has 0 aliphatic carbocycles. The summed E-state index contributed by atoms with van der Waals surface area (Å²) in [6.45, 7) is 4.78. The van der Waals surface area contributed by atoms with Crippen molar-refractivity contribution >= 4 is 11.3 Å². The molecule has 2 aromatic heterocycles. The van der Waals surface area contributed by atoms with Crippen LogP contribution in [0.15, 0.2) is 40.1 Å². The van der Waals surface area contributed by atoms with Crippen LogP contribution in [0.3, 0.4) is 0 Å². The van der Waals surface area contributed by atoms with E-state index < -0.39 is 0 Å². The van der Waals surface area contributed by atoms with Crippen molar-refractivity contribution in [3.63, 3.8) is 0 Å². The molecule has 0 spiro atoms. The first-order valence-corrected chi connectivity index (χ1v) is 8.99. The Labute approximate surface area is 145 Å². The Morgan fingerprint density at radius 2 is 2.21 bits per heavy atom. The van der Waals surface area contributed by atoms with E-state index in [4.69, 9.17) is 14.1 Å². The number of methoxy groups -OCH3 is 1. The molecule has 0 unspecified atom stereocenters. The maximum atomic E-state index is 5.86. The van der Waals surface area contributed by atoms with Crippen LogP contribution < -0.4 is 4.74 Å². The second-order valence-electron chi connectivity index (χ2n) is 6.09. The van der Waals surface area contributed by atoms with Gasteiger partial charge in [0.25, 0.3) is 0 Å². The number of oxazole rings is 1. The molecule has 0 saturated carbocycles. The molecule has 0 amide bonds. The van der Waals surface area contributed by atoms with Crippen LogP contribution in [0.25, 0.3) is 10.8 Å². The van der Waals surface area contributed by atoms with Gasteiger partial charge in [0.1, 0.15) is 11.5 Å². The second-order valence-corrected chi connectivity index (χ2v) is 7.04. The highest BCUT2D eigenvalue weighted by Crippen LogP contribution is 2.28. The molecule has 24 heavy (non-hydrogen) atoms. The van der Waals surface area contributed by atoms with Gasteiger partial charge in [0, 0.05) is 19.6 Å². The highest BCUT2D eigenvalue weighted by atomic mass is 32.1. The van der Waals surface area contributed by atoms with Crippen LogP contribution in [-0.4, -0.2) is 23.5 Å². The molecule has 0 radical (unpaired) electrons. The van der Waals surface area contributed by atoms with Gasteiger partial charge in [0.15, 0.2) is 0 Å². The molecule has 0 N–H and O–H groups in total. The molecule has 1 aliphatic rings. The Kier molecular flexibility index (Phi) is 4.12. The Bertz CT molecular complexity index is 839. The molecule has 3 aromatic rings. The zero-order valence-corrected chi connectivity index (χ0v) is 14.7. The SMILES string of the molecule is COc1ccc2c(c1)CN(Cc1nc(-c3cccs3)oc1C)CC2. The highest BCUT2D eigenvalue weighted by Gasteiger charge is 2.20. The van der Waals surface area contributed by atoms with Gasteiger partial charge in [-0.25, -0.2) is 4.98 Å². The summed E-state index contributed by atoms with van der Waals surface area (Å²) in [6, 6.07) is 10.4. The zero-order chi connectivity index (χ0) is 16.5. The largest absolute Gasteiger partial charge is 0.497 e. The number of ether oxygens (including phenoxy) is 1. The number of nitrogens with zero attached hydrogens (tertiary/aromatic N) is 2. The average molecular weight is 340 g/mol. The third kappa shape index (κ3) is 2.97. The minimum Gasteiger partial charge on any atom is -0.497 e. The molecule has 4 nitrogen and oxygen atoms in total. The molecule has 3 heterocycles. The van der Waals surface area contributed by atoms with Crippen LogP contribution in [0.5, 0.6) is 5.75 Å². The number of rotatable bonds is 4. The summed E-state index contributed by atoms with van der Waals surface area (Å²) in [6.07, 6.45) is 1.06. The molecule has 124 valence electrons. The van der Waals surface area contributed by atoms with Crippen LogP contribution in [0.4, 0.5) is 0 Å². The maximum absolute atomic E-state index is 5.86. The van der Waals surface area contributed by atoms with Gasteiger partial charge in [-0.05, 0) is 48.1 Å². The number of hydrogen-bond acceptors (Lipinski definition) is 5. The number of hydrogen-bond donors (Lipinski definition) is 0. The Morgan fingerprint density at radius 3 is 3.00 bits per heavy atom. The molecule has 0 fully saturated rings. The summed E-state index contributed by atoms with van der Waals surface area (Å²) >= 11 is 1.66. The normalized spacial score (nSPS) is 14.6. The molecule has 0 atom stereocenters. The third-order valence-corrected chi connectivity index (χ3v) is 5.36. The summed E-state index contributed by atoms with van der Waals surface area (Å²) in [5.74, 6) is 2.57. The van der Waals surface area contributed by atoms with Crippen LogP contribution in [0.2, 0.25) is 0 Å². The first-order chi connectivity index (χ1) is 11.7. The summed E-state index contributed by atoms with van der Waals surface area (Å²) in [7, 11) is 1.72. The lowest BCUT2D eigenvalue weighted by Gasteiger charge is -2.28. The first-order valence-electron chi connectivity index (χ1n) is 8.11. The van der Waals surface area contributed by atoms with Crippen molar-refractivity contribution in [1.82, 2.24) is 9.88 Å². The van der Waals surface area contributed by atoms with Crippen LogP contribution >= 0.6 is 11.3 Å². The van der Waals surface area contributed by atoms with Crippen molar-refractivity contribution in [2.24, 2.45) is 0 Å². The van der Waals surface area contributed by atoms with Crippen molar-refractivity contribution < 1.29 is 9.15 Å². The molecule has 1 aliphatic heterocycles. The molecular weight excluding hydrogens is 320 g/mol. The molecule has 1 aromatic carbocycles. The first kappa shape index (κ1) is 15.4. The van der Waals surface area contributed by atoms with Crippen LogP contribution in [-0.2, 0) is 19.5 Å². The quantitative estimate of drug-likeness (QED) is 0.710. The van der Waals surface area contributed by atoms with Crippen molar-refractivity contribution in [1.29, 1.82) is 0 Å². The number of fused-ring (bicyclic) bond motifs is 1. The van der Waals surface area contributed by atoms with E-state index in [1.807, 2.05) is 30.5 Å². The predicted octanol–water partition coefficient (Wildman–Crippen LogP) is 4.28. The Hall–Kier alpha value is -2.11. The van der Waals surface area contributed by atoms with Crippen molar-refractivity contribution in [3.05, 3.63) is 58.3 Å². The number of benzene rings is 1. The summed E-state index contributed by atoms with van der Waals surface area (Å²) in [5.41, 5.74) is 3.80. The fraction of sp³-hybridized carbons (Fsp3) is 0.316. The summed E-state index contributed by atoms with van der Waals surface area (Å²) < 4.78 is 11.2. The van der Waals surface area contributed by atoms with E-state index in [9.17, 15) is 0 Å². The number of aryl methyl sites for hydroxylation is 1. The predicted molar refractivity (Wildman–Crippen MR) is 95.4 cm³/mol. The fourth-order valence-electron chi connectivity index (χ4n) is 3.15. The lowest BCUT2D eigenvalue weighted by Crippen LogP contribution is -2.30. The highest BCUT2D eigenvalue weighted by molar-refractivity contribution is 7.13. The molecule has 5 heteroatoms. The molecule has 4 rings (SSSR count). The number of aromatic nitrogens is 1. The van der Waals surface area contributed by atoms with E-state index in [1.54, 1.807) is 18.4 Å².